The van der Waals surface area contributed by atoms with Crippen molar-refractivity contribution < 1.29 is 22.1 Å². The highest BCUT2D eigenvalue weighted by Gasteiger charge is 2.24. The topological polar surface area (TPSA) is 88.8 Å². The van der Waals surface area contributed by atoms with Gasteiger partial charge in [0.15, 0.2) is 6.61 Å². The molecule has 1 aliphatic heterocycles. The second kappa shape index (κ2) is 7.46. The van der Waals surface area contributed by atoms with Crippen LogP contribution in [0.3, 0.4) is 0 Å². The minimum absolute atomic E-state index is 0.122. The minimum Gasteiger partial charge on any atom is -0.485 e. The summed E-state index contributed by atoms with van der Waals surface area (Å²) in [6, 6.07) is 5.68. The number of benzene rings is 1. The first-order chi connectivity index (χ1) is 11.9. The van der Waals surface area contributed by atoms with E-state index in [1.165, 1.54) is 34.8 Å². The van der Waals surface area contributed by atoms with E-state index in [9.17, 15) is 12.8 Å². The fourth-order valence-corrected chi connectivity index (χ4v) is 3.33. The molecule has 2 aromatic rings. The van der Waals surface area contributed by atoms with E-state index in [4.69, 9.17) is 9.26 Å². The smallest absolute Gasteiger partial charge is 0.240 e. The van der Waals surface area contributed by atoms with E-state index >= 15 is 0 Å². The number of hydrogen-bond acceptors (Lipinski definition) is 7. The summed E-state index contributed by atoms with van der Waals surface area (Å²) in [7, 11) is -3.14. The van der Waals surface area contributed by atoms with Crippen LogP contribution in [0, 0.1) is 5.82 Å². The van der Waals surface area contributed by atoms with Crippen LogP contribution in [0.1, 0.15) is 11.7 Å². The van der Waals surface area contributed by atoms with Gasteiger partial charge in [-0.15, -0.1) is 0 Å². The molecule has 3 rings (SSSR count). The van der Waals surface area contributed by atoms with Crippen molar-refractivity contribution >= 4 is 10.0 Å². The Balaban J connectivity index is 1.48. The Morgan fingerprint density at radius 2 is 1.88 bits per heavy atom. The molecule has 0 radical (unpaired) electrons. The minimum atomic E-state index is -3.14. The predicted molar refractivity (Wildman–Crippen MR) is 86.7 cm³/mol. The Morgan fingerprint density at radius 1 is 1.20 bits per heavy atom. The van der Waals surface area contributed by atoms with Gasteiger partial charge in [-0.1, -0.05) is 5.16 Å². The third kappa shape index (κ3) is 4.97. The highest BCUT2D eigenvalue weighted by atomic mass is 32.2. The molecule has 0 N–H and O–H groups in total. The first kappa shape index (κ1) is 17.8. The Hall–Kier alpha value is -2.04. The molecule has 0 bridgehead atoms. The Morgan fingerprint density at radius 3 is 2.52 bits per heavy atom. The maximum atomic E-state index is 12.8. The molecule has 2 heterocycles. The van der Waals surface area contributed by atoms with Gasteiger partial charge in [0.1, 0.15) is 11.6 Å². The predicted octanol–water partition coefficient (Wildman–Crippen LogP) is 0.865. The quantitative estimate of drug-likeness (QED) is 0.745. The van der Waals surface area contributed by atoms with Gasteiger partial charge in [-0.25, -0.2) is 12.8 Å². The molecule has 0 atom stereocenters. The molecule has 25 heavy (non-hydrogen) atoms. The second-order valence-corrected chi connectivity index (χ2v) is 7.77. The number of piperazine rings is 1. The molecular formula is C15H19FN4O4S. The van der Waals surface area contributed by atoms with E-state index in [1.54, 1.807) is 0 Å². The van der Waals surface area contributed by atoms with Crippen molar-refractivity contribution in [3.05, 3.63) is 41.8 Å². The van der Waals surface area contributed by atoms with Crippen LogP contribution < -0.4 is 4.74 Å². The van der Waals surface area contributed by atoms with Gasteiger partial charge in [0.25, 0.3) is 0 Å². The van der Waals surface area contributed by atoms with E-state index in [0.717, 1.165) is 0 Å². The molecular weight excluding hydrogens is 351 g/mol. The zero-order valence-electron chi connectivity index (χ0n) is 13.8. The molecule has 1 aromatic heterocycles. The Bertz CT molecular complexity index is 801. The number of rotatable bonds is 6. The van der Waals surface area contributed by atoms with E-state index in [1.807, 2.05) is 0 Å². The van der Waals surface area contributed by atoms with Crippen molar-refractivity contribution in [1.82, 2.24) is 19.3 Å². The Labute approximate surface area is 145 Å². The van der Waals surface area contributed by atoms with Gasteiger partial charge in [0.2, 0.25) is 21.7 Å². The molecule has 10 heteroatoms. The van der Waals surface area contributed by atoms with Crippen LogP contribution in [0.4, 0.5) is 4.39 Å². The summed E-state index contributed by atoms with van der Waals surface area (Å²) in [6.45, 7) is 2.70. The molecule has 136 valence electrons. The zero-order chi connectivity index (χ0) is 17.9. The highest BCUT2D eigenvalue weighted by molar-refractivity contribution is 7.88. The van der Waals surface area contributed by atoms with Gasteiger partial charge in [0, 0.05) is 26.2 Å². The van der Waals surface area contributed by atoms with Gasteiger partial charge in [-0.3, -0.25) is 4.90 Å². The lowest BCUT2D eigenvalue weighted by Crippen LogP contribution is -2.47. The number of halogens is 1. The fraction of sp³-hybridized carbons (Fsp3) is 0.467. The first-order valence-corrected chi connectivity index (χ1v) is 9.62. The third-order valence-corrected chi connectivity index (χ3v) is 5.15. The van der Waals surface area contributed by atoms with Gasteiger partial charge in [-0.05, 0) is 24.3 Å². The number of ether oxygens (including phenoxy) is 1. The third-order valence-electron chi connectivity index (χ3n) is 3.85. The van der Waals surface area contributed by atoms with Gasteiger partial charge in [-0.2, -0.15) is 9.29 Å². The molecule has 1 aliphatic rings. The molecule has 0 unspecified atom stereocenters. The normalized spacial score (nSPS) is 16.9. The van der Waals surface area contributed by atoms with Crippen LogP contribution in [0.5, 0.6) is 5.75 Å². The highest BCUT2D eigenvalue weighted by Crippen LogP contribution is 2.13. The van der Waals surface area contributed by atoms with Crippen LogP contribution in [-0.2, 0) is 23.2 Å². The average Bonchev–Trinajstić information content (AvgIpc) is 3.01. The first-order valence-electron chi connectivity index (χ1n) is 7.77. The molecule has 0 amide bonds. The zero-order valence-corrected chi connectivity index (χ0v) is 14.6. The summed E-state index contributed by atoms with van der Waals surface area (Å²) in [4.78, 5) is 6.31. The standard InChI is InChI=1S/C15H19FN4O4S/c1-25(21,22)20-8-6-19(7-9-20)10-15-17-14(18-24-15)11-23-13-4-2-12(16)3-5-13/h2-5H,6-11H2,1H3. The number of sulfonamides is 1. The maximum Gasteiger partial charge on any atom is 0.240 e. The van der Waals surface area contributed by atoms with Crippen LogP contribution in [0.2, 0.25) is 0 Å². The van der Waals surface area contributed by atoms with E-state index in [-0.39, 0.29) is 12.4 Å². The van der Waals surface area contributed by atoms with E-state index in [2.05, 4.69) is 15.0 Å². The summed E-state index contributed by atoms with van der Waals surface area (Å²) >= 11 is 0. The monoisotopic (exact) mass is 370 g/mol. The lowest BCUT2D eigenvalue weighted by Gasteiger charge is -2.32. The van der Waals surface area contributed by atoms with Crippen LogP contribution in [0.15, 0.2) is 28.8 Å². The average molecular weight is 370 g/mol. The van der Waals surface area contributed by atoms with Crippen molar-refractivity contribution in [3.63, 3.8) is 0 Å². The summed E-state index contributed by atoms with van der Waals surface area (Å²) in [5.74, 6) is 1.04. The van der Waals surface area contributed by atoms with Crippen LogP contribution in [0.25, 0.3) is 0 Å². The van der Waals surface area contributed by atoms with E-state index < -0.39 is 10.0 Å². The van der Waals surface area contributed by atoms with Crippen molar-refractivity contribution in [2.24, 2.45) is 0 Å². The lowest BCUT2D eigenvalue weighted by atomic mass is 10.3. The van der Waals surface area contributed by atoms with Crippen molar-refractivity contribution in [1.29, 1.82) is 0 Å². The van der Waals surface area contributed by atoms with Crippen molar-refractivity contribution in [3.8, 4) is 5.75 Å². The maximum absolute atomic E-state index is 12.8. The van der Waals surface area contributed by atoms with Gasteiger partial charge in [0.05, 0.1) is 12.8 Å². The fourth-order valence-electron chi connectivity index (χ4n) is 2.50. The molecule has 1 aromatic carbocycles. The van der Waals surface area contributed by atoms with Crippen molar-refractivity contribution in [2.45, 2.75) is 13.2 Å². The number of nitrogens with zero attached hydrogens (tertiary/aromatic N) is 4. The van der Waals surface area contributed by atoms with Gasteiger partial charge >= 0.3 is 0 Å². The SMILES string of the molecule is CS(=O)(=O)N1CCN(Cc2nc(COc3ccc(F)cc3)no2)CC1. The van der Waals surface area contributed by atoms with Gasteiger partial charge < -0.3 is 9.26 Å². The Kier molecular flexibility index (Phi) is 5.30. The number of hydrogen-bond donors (Lipinski definition) is 0. The molecule has 8 nitrogen and oxygen atoms in total. The van der Waals surface area contributed by atoms with E-state index in [0.29, 0.717) is 50.2 Å². The molecule has 0 saturated carbocycles. The molecule has 0 spiro atoms. The second-order valence-electron chi connectivity index (χ2n) is 5.79. The largest absolute Gasteiger partial charge is 0.485 e. The summed E-state index contributed by atoms with van der Waals surface area (Å²) < 4.78 is 47.9. The number of aromatic nitrogens is 2. The molecule has 0 aliphatic carbocycles. The summed E-state index contributed by atoms with van der Waals surface area (Å²) in [5, 5.41) is 3.85. The molecule has 1 fully saturated rings. The van der Waals surface area contributed by atoms with Crippen LogP contribution >= 0.6 is 0 Å². The molecule has 1 saturated heterocycles. The summed E-state index contributed by atoms with van der Waals surface area (Å²) in [6.07, 6.45) is 1.22. The van der Waals surface area contributed by atoms with Crippen molar-refractivity contribution in [2.75, 3.05) is 32.4 Å². The lowest BCUT2D eigenvalue weighted by molar-refractivity contribution is 0.163. The summed E-state index contributed by atoms with van der Waals surface area (Å²) in [5.41, 5.74) is 0. The van der Waals surface area contributed by atoms with Crippen LogP contribution in [-0.4, -0.2) is 60.2 Å².